The van der Waals surface area contributed by atoms with Gasteiger partial charge in [-0.2, -0.15) is 30.4 Å². The number of rotatable bonds is 6. The van der Waals surface area contributed by atoms with E-state index in [2.05, 4.69) is 9.47 Å². The highest BCUT2D eigenvalue weighted by atomic mass is 32.2. The number of benzene rings is 1. The summed E-state index contributed by atoms with van der Waals surface area (Å²) in [6.45, 7) is -1.50. The monoisotopic (exact) mass is 392 g/mol. The molecule has 1 aromatic carbocycles. The van der Waals surface area contributed by atoms with Gasteiger partial charge in [0.05, 0.1) is 5.56 Å². The quantitative estimate of drug-likeness (QED) is 0.447. The second kappa shape index (κ2) is 7.31. The standard InChI is InChI=1S/C12H9F5O7S/c13-11(14,15)10(12(16,17)25(20,21)22)24-8(18)6-23-9(19)7-4-2-1-3-5-7/h1-5,10H,6H2,(H,20,21,22). The van der Waals surface area contributed by atoms with E-state index in [1.54, 1.807) is 0 Å². The van der Waals surface area contributed by atoms with Crippen LogP contribution in [0.2, 0.25) is 0 Å². The van der Waals surface area contributed by atoms with Crippen molar-refractivity contribution in [1.29, 1.82) is 0 Å². The second-order valence-corrected chi connectivity index (χ2v) is 5.88. The van der Waals surface area contributed by atoms with Crippen LogP contribution in [0.5, 0.6) is 0 Å². The molecule has 0 amide bonds. The van der Waals surface area contributed by atoms with Crippen molar-refractivity contribution in [3.8, 4) is 0 Å². The van der Waals surface area contributed by atoms with E-state index < -0.39 is 46.2 Å². The lowest BCUT2D eigenvalue weighted by molar-refractivity contribution is -0.259. The number of halogens is 5. The molecule has 0 saturated carbocycles. The zero-order valence-electron chi connectivity index (χ0n) is 11.9. The third-order valence-corrected chi connectivity index (χ3v) is 3.43. The smallest absolute Gasteiger partial charge is 0.432 e. The molecule has 0 spiro atoms. The van der Waals surface area contributed by atoms with Gasteiger partial charge in [-0.3, -0.25) is 4.55 Å². The molecule has 1 N–H and O–H groups in total. The maximum Gasteiger partial charge on any atom is 0.432 e. The van der Waals surface area contributed by atoms with Gasteiger partial charge in [-0.25, -0.2) is 9.59 Å². The average Bonchev–Trinajstić information content (AvgIpc) is 2.48. The molecular weight excluding hydrogens is 383 g/mol. The molecule has 0 aliphatic rings. The number of hydrogen-bond donors (Lipinski definition) is 1. The Morgan fingerprint density at radius 2 is 1.60 bits per heavy atom. The van der Waals surface area contributed by atoms with E-state index in [-0.39, 0.29) is 5.56 Å². The molecule has 25 heavy (non-hydrogen) atoms. The number of carbonyl (C=O) groups is 2. The second-order valence-electron chi connectivity index (χ2n) is 4.39. The average molecular weight is 392 g/mol. The number of hydrogen-bond acceptors (Lipinski definition) is 6. The third-order valence-electron chi connectivity index (χ3n) is 2.53. The molecule has 0 saturated heterocycles. The predicted molar refractivity (Wildman–Crippen MR) is 69.2 cm³/mol. The van der Waals surface area contributed by atoms with Gasteiger partial charge in [-0.05, 0) is 12.1 Å². The lowest BCUT2D eigenvalue weighted by Crippen LogP contribution is -2.52. The lowest BCUT2D eigenvalue weighted by Gasteiger charge is -2.25. The molecule has 0 radical (unpaired) electrons. The van der Waals surface area contributed by atoms with Crippen LogP contribution < -0.4 is 0 Å². The molecule has 140 valence electrons. The molecule has 0 aromatic heterocycles. The Labute approximate surface area is 137 Å². The number of alkyl halides is 5. The molecule has 0 heterocycles. The summed E-state index contributed by atoms with van der Waals surface area (Å²) in [6.07, 6.45) is -10.5. The maximum atomic E-state index is 13.2. The van der Waals surface area contributed by atoms with Crippen LogP contribution in [0.15, 0.2) is 30.3 Å². The number of esters is 2. The number of ether oxygens (including phenoxy) is 2. The van der Waals surface area contributed by atoms with Crippen molar-refractivity contribution in [2.24, 2.45) is 0 Å². The minimum Gasteiger partial charge on any atom is -0.450 e. The molecule has 0 aliphatic carbocycles. The van der Waals surface area contributed by atoms with Gasteiger partial charge < -0.3 is 9.47 Å². The topological polar surface area (TPSA) is 107 Å². The Balaban J connectivity index is 2.82. The van der Waals surface area contributed by atoms with Crippen molar-refractivity contribution in [1.82, 2.24) is 0 Å². The third kappa shape index (κ3) is 5.35. The van der Waals surface area contributed by atoms with Crippen LogP contribution >= 0.6 is 0 Å². The highest BCUT2D eigenvalue weighted by molar-refractivity contribution is 7.86. The summed E-state index contributed by atoms with van der Waals surface area (Å²) < 4.78 is 101. The fourth-order valence-corrected chi connectivity index (χ4v) is 1.86. The van der Waals surface area contributed by atoms with Crippen LogP contribution in [0.25, 0.3) is 0 Å². The molecule has 0 bridgehead atoms. The van der Waals surface area contributed by atoms with Crippen molar-refractivity contribution < 1.29 is 54.0 Å². The summed E-state index contributed by atoms with van der Waals surface area (Å²) in [5.74, 6) is -3.27. The largest absolute Gasteiger partial charge is 0.450 e. The van der Waals surface area contributed by atoms with Crippen molar-refractivity contribution >= 4 is 22.1 Å². The molecule has 13 heteroatoms. The summed E-state index contributed by atoms with van der Waals surface area (Å²) in [5.41, 5.74) is -0.0917. The van der Waals surface area contributed by atoms with E-state index in [0.29, 0.717) is 0 Å². The van der Waals surface area contributed by atoms with Crippen molar-refractivity contribution in [2.75, 3.05) is 6.61 Å². The van der Waals surface area contributed by atoms with Crippen LogP contribution in [0.3, 0.4) is 0 Å². The molecular formula is C12H9F5O7S. The Morgan fingerprint density at radius 3 is 2.04 bits per heavy atom. The molecule has 1 rings (SSSR count). The molecule has 0 fully saturated rings. The van der Waals surface area contributed by atoms with Crippen LogP contribution in [0, 0.1) is 0 Å². The van der Waals surface area contributed by atoms with Gasteiger partial charge in [0.1, 0.15) is 0 Å². The van der Waals surface area contributed by atoms with Crippen molar-refractivity contribution in [3.63, 3.8) is 0 Å². The van der Waals surface area contributed by atoms with E-state index in [1.807, 2.05) is 0 Å². The minimum atomic E-state index is -6.54. The Hall–Kier alpha value is -2.28. The normalized spacial score (nSPS) is 13.8. The van der Waals surface area contributed by atoms with Gasteiger partial charge in [0.15, 0.2) is 6.61 Å². The van der Waals surface area contributed by atoms with Crippen LogP contribution in [0.4, 0.5) is 22.0 Å². The zero-order chi connectivity index (χ0) is 19.5. The first-order valence-corrected chi connectivity index (χ1v) is 7.54. The predicted octanol–water partition coefficient (Wildman–Crippen LogP) is 1.80. The molecule has 7 nitrogen and oxygen atoms in total. The fourth-order valence-electron chi connectivity index (χ4n) is 1.41. The Kier molecular flexibility index (Phi) is 6.07. The number of carbonyl (C=O) groups excluding carboxylic acids is 2. The summed E-state index contributed by atoms with van der Waals surface area (Å²) in [7, 11) is -6.54. The highest BCUT2D eigenvalue weighted by Gasteiger charge is 2.66. The van der Waals surface area contributed by atoms with E-state index in [1.165, 1.54) is 30.3 Å². The highest BCUT2D eigenvalue weighted by Crippen LogP contribution is 2.38. The van der Waals surface area contributed by atoms with Crippen LogP contribution in [0.1, 0.15) is 10.4 Å². The fraction of sp³-hybridized carbons (Fsp3) is 0.333. The first kappa shape index (κ1) is 20.8. The summed E-state index contributed by atoms with van der Waals surface area (Å²) in [5, 5.41) is -5.86. The van der Waals surface area contributed by atoms with Gasteiger partial charge >= 0.3 is 33.5 Å². The summed E-state index contributed by atoms with van der Waals surface area (Å²) in [4.78, 5) is 22.7. The van der Waals surface area contributed by atoms with Gasteiger partial charge in [0.2, 0.25) is 0 Å². The lowest BCUT2D eigenvalue weighted by atomic mass is 10.2. The molecule has 1 unspecified atom stereocenters. The van der Waals surface area contributed by atoms with E-state index in [0.717, 1.165) is 0 Å². The Morgan fingerprint density at radius 1 is 1.08 bits per heavy atom. The van der Waals surface area contributed by atoms with Crippen molar-refractivity contribution in [3.05, 3.63) is 35.9 Å². The van der Waals surface area contributed by atoms with Gasteiger partial charge in [0.25, 0.3) is 6.10 Å². The van der Waals surface area contributed by atoms with Gasteiger partial charge in [0, 0.05) is 0 Å². The SMILES string of the molecule is O=C(COC(=O)c1ccccc1)OC(C(F)(F)F)C(F)(F)S(=O)(=O)O. The zero-order valence-corrected chi connectivity index (χ0v) is 12.7. The molecule has 1 aromatic rings. The van der Waals surface area contributed by atoms with Crippen LogP contribution in [-0.4, -0.2) is 49.1 Å². The summed E-state index contributed by atoms with van der Waals surface area (Å²) in [6, 6.07) is 6.80. The first-order chi connectivity index (χ1) is 11.3. The first-order valence-electron chi connectivity index (χ1n) is 6.10. The molecule has 0 aliphatic heterocycles. The maximum absolute atomic E-state index is 13.2. The van der Waals surface area contributed by atoms with Crippen molar-refractivity contribution in [2.45, 2.75) is 17.5 Å². The van der Waals surface area contributed by atoms with E-state index >= 15 is 0 Å². The summed E-state index contributed by atoms with van der Waals surface area (Å²) >= 11 is 0. The van der Waals surface area contributed by atoms with E-state index in [9.17, 15) is 40.0 Å². The minimum absolute atomic E-state index is 0.0917. The Bertz CT molecular complexity index is 730. The van der Waals surface area contributed by atoms with Gasteiger partial charge in [-0.1, -0.05) is 18.2 Å². The van der Waals surface area contributed by atoms with E-state index in [4.69, 9.17) is 4.55 Å². The van der Waals surface area contributed by atoms with Gasteiger partial charge in [-0.15, -0.1) is 0 Å². The van der Waals surface area contributed by atoms with Crippen LogP contribution in [-0.2, 0) is 24.4 Å². The molecule has 1 atom stereocenters.